The summed E-state index contributed by atoms with van der Waals surface area (Å²) in [5.74, 6) is 0.163. The number of hydrogen-bond donors (Lipinski definition) is 1. The first kappa shape index (κ1) is 9.78. The maximum absolute atomic E-state index is 12.3. The van der Waals surface area contributed by atoms with Gasteiger partial charge in [0, 0.05) is 43.1 Å². The third-order valence-electron chi connectivity index (χ3n) is 3.54. The van der Waals surface area contributed by atoms with Gasteiger partial charge in [-0.3, -0.25) is 9.78 Å². The molecule has 2 bridgehead atoms. The number of piperazine rings is 1. The molecule has 0 saturated carbocycles. The number of rotatable bonds is 1. The molecular formula is C12H15N3O. The molecule has 3 rings (SSSR count). The van der Waals surface area contributed by atoms with Gasteiger partial charge in [0.1, 0.15) is 0 Å². The summed E-state index contributed by atoms with van der Waals surface area (Å²) >= 11 is 0. The van der Waals surface area contributed by atoms with Gasteiger partial charge >= 0.3 is 0 Å². The number of fused-ring (bicyclic) bond motifs is 2. The van der Waals surface area contributed by atoms with E-state index < -0.39 is 0 Å². The molecule has 0 spiro atoms. The van der Waals surface area contributed by atoms with E-state index >= 15 is 0 Å². The monoisotopic (exact) mass is 217 g/mol. The number of nitrogens with one attached hydrogen (secondary N) is 1. The molecule has 2 atom stereocenters. The predicted molar refractivity (Wildman–Crippen MR) is 60.1 cm³/mol. The Morgan fingerprint density at radius 2 is 1.88 bits per heavy atom. The lowest BCUT2D eigenvalue weighted by atomic mass is 10.1. The van der Waals surface area contributed by atoms with Crippen LogP contribution in [0.5, 0.6) is 0 Å². The first-order chi connectivity index (χ1) is 7.86. The Morgan fingerprint density at radius 1 is 1.25 bits per heavy atom. The van der Waals surface area contributed by atoms with Crippen LogP contribution in [0.1, 0.15) is 23.2 Å². The van der Waals surface area contributed by atoms with Gasteiger partial charge in [-0.25, -0.2) is 0 Å². The SMILES string of the molecule is O=C(c1ccncc1)N1C2CCC1CNC2. The van der Waals surface area contributed by atoms with Gasteiger partial charge in [-0.15, -0.1) is 0 Å². The smallest absolute Gasteiger partial charge is 0.254 e. The summed E-state index contributed by atoms with van der Waals surface area (Å²) in [4.78, 5) is 18.3. The van der Waals surface area contributed by atoms with Crippen LogP contribution in [-0.4, -0.2) is 41.0 Å². The molecule has 2 unspecified atom stereocenters. The minimum Gasteiger partial charge on any atom is -0.330 e. The third kappa shape index (κ3) is 1.50. The Balaban J connectivity index is 1.86. The van der Waals surface area contributed by atoms with Crippen LogP contribution in [0, 0.1) is 0 Å². The Hall–Kier alpha value is -1.42. The molecule has 4 nitrogen and oxygen atoms in total. The summed E-state index contributed by atoms with van der Waals surface area (Å²) in [7, 11) is 0. The van der Waals surface area contributed by atoms with E-state index in [-0.39, 0.29) is 5.91 Å². The minimum absolute atomic E-state index is 0.163. The van der Waals surface area contributed by atoms with Crippen LogP contribution >= 0.6 is 0 Å². The van der Waals surface area contributed by atoms with Crippen molar-refractivity contribution < 1.29 is 4.79 Å². The molecule has 1 amide bonds. The van der Waals surface area contributed by atoms with Crippen LogP contribution in [0.2, 0.25) is 0 Å². The molecular weight excluding hydrogens is 202 g/mol. The molecule has 4 heteroatoms. The summed E-state index contributed by atoms with van der Waals surface area (Å²) in [6, 6.07) is 4.37. The van der Waals surface area contributed by atoms with Gasteiger partial charge in [0.2, 0.25) is 0 Å². The van der Waals surface area contributed by atoms with E-state index in [9.17, 15) is 4.79 Å². The highest BCUT2D eigenvalue weighted by Crippen LogP contribution is 2.28. The average Bonchev–Trinajstić information content (AvgIpc) is 2.59. The fourth-order valence-corrected chi connectivity index (χ4v) is 2.75. The van der Waals surface area contributed by atoms with Crippen LogP contribution in [0.3, 0.4) is 0 Å². The van der Waals surface area contributed by atoms with Crippen molar-refractivity contribution in [3.63, 3.8) is 0 Å². The van der Waals surface area contributed by atoms with Gasteiger partial charge in [-0.05, 0) is 25.0 Å². The molecule has 1 aromatic rings. The second-order valence-electron chi connectivity index (χ2n) is 4.49. The first-order valence-electron chi connectivity index (χ1n) is 5.79. The van der Waals surface area contributed by atoms with Crippen molar-refractivity contribution in [2.24, 2.45) is 0 Å². The summed E-state index contributed by atoms with van der Waals surface area (Å²) in [6.45, 7) is 1.88. The lowest BCUT2D eigenvalue weighted by Gasteiger charge is -2.35. The molecule has 0 aromatic carbocycles. The average molecular weight is 217 g/mol. The van der Waals surface area contributed by atoms with Crippen LogP contribution in [-0.2, 0) is 0 Å². The Morgan fingerprint density at radius 3 is 2.50 bits per heavy atom. The highest BCUT2D eigenvalue weighted by atomic mass is 16.2. The molecule has 2 aliphatic rings. The van der Waals surface area contributed by atoms with E-state index in [0.29, 0.717) is 12.1 Å². The molecule has 0 radical (unpaired) electrons. The molecule has 0 aliphatic carbocycles. The Labute approximate surface area is 94.7 Å². The zero-order valence-corrected chi connectivity index (χ0v) is 9.10. The molecule has 2 aliphatic heterocycles. The van der Waals surface area contributed by atoms with Crippen molar-refractivity contribution in [1.82, 2.24) is 15.2 Å². The number of aromatic nitrogens is 1. The highest BCUT2D eigenvalue weighted by molar-refractivity contribution is 5.94. The van der Waals surface area contributed by atoms with E-state index in [4.69, 9.17) is 0 Å². The maximum atomic E-state index is 12.3. The van der Waals surface area contributed by atoms with Gasteiger partial charge in [0.05, 0.1) is 0 Å². The number of pyridine rings is 1. The van der Waals surface area contributed by atoms with Crippen LogP contribution < -0.4 is 5.32 Å². The highest BCUT2D eigenvalue weighted by Gasteiger charge is 2.39. The summed E-state index contributed by atoms with van der Waals surface area (Å²) in [5.41, 5.74) is 0.758. The Kier molecular flexibility index (Phi) is 2.36. The van der Waals surface area contributed by atoms with Crippen LogP contribution in [0.15, 0.2) is 24.5 Å². The third-order valence-corrected chi connectivity index (χ3v) is 3.54. The minimum atomic E-state index is 0.163. The fourth-order valence-electron chi connectivity index (χ4n) is 2.75. The van der Waals surface area contributed by atoms with Gasteiger partial charge < -0.3 is 10.2 Å². The van der Waals surface area contributed by atoms with E-state index in [1.807, 2.05) is 0 Å². The standard InChI is InChI=1S/C12H15N3O/c16-12(9-3-5-13-6-4-9)15-10-1-2-11(15)8-14-7-10/h3-6,10-11,14H,1-2,7-8H2. The summed E-state index contributed by atoms with van der Waals surface area (Å²) < 4.78 is 0. The number of carbonyl (C=O) groups excluding carboxylic acids is 1. The fraction of sp³-hybridized carbons (Fsp3) is 0.500. The van der Waals surface area contributed by atoms with Crippen LogP contribution in [0.25, 0.3) is 0 Å². The van der Waals surface area contributed by atoms with E-state index in [2.05, 4.69) is 15.2 Å². The summed E-state index contributed by atoms with van der Waals surface area (Å²) in [5, 5.41) is 3.38. The second kappa shape index (κ2) is 3.87. The topological polar surface area (TPSA) is 45.2 Å². The quantitative estimate of drug-likeness (QED) is 0.751. The van der Waals surface area contributed by atoms with Crippen LogP contribution in [0.4, 0.5) is 0 Å². The lowest BCUT2D eigenvalue weighted by Crippen LogP contribution is -2.54. The van der Waals surface area contributed by atoms with E-state index in [0.717, 1.165) is 31.5 Å². The van der Waals surface area contributed by atoms with E-state index in [1.165, 1.54) is 0 Å². The first-order valence-corrected chi connectivity index (χ1v) is 5.79. The van der Waals surface area contributed by atoms with E-state index in [1.54, 1.807) is 24.5 Å². The Bertz CT molecular complexity index is 377. The number of hydrogen-bond acceptors (Lipinski definition) is 3. The summed E-state index contributed by atoms with van der Waals surface area (Å²) in [6.07, 6.45) is 5.62. The van der Waals surface area contributed by atoms with Gasteiger partial charge in [0.15, 0.2) is 0 Å². The largest absolute Gasteiger partial charge is 0.330 e. The number of nitrogens with zero attached hydrogens (tertiary/aromatic N) is 2. The van der Waals surface area contributed by atoms with Crippen molar-refractivity contribution in [3.8, 4) is 0 Å². The molecule has 84 valence electrons. The van der Waals surface area contributed by atoms with Crippen molar-refractivity contribution in [2.45, 2.75) is 24.9 Å². The zero-order chi connectivity index (χ0) is 11.0. The second-order valence-corrected chi connectivity index (χ2v) is 4.49. The van der Waals surface area contributed by atoms with Gasteiger partial charge in [0.25, 0.3) is 5.91 Å². The van der Waals surface area contributed by atoms with Gasteiger partial charge in [-0.2, -0.15) is 0 Å². The predicted octanol–water partition coefficient (Wildman–Crippen LogP) is 0.658. The molecule has 1 N–H and O–H groups in total. The van der Waals surface area contributed by atoms with Crippen molar-refractivity contribution in [1.29, 1.82) is 0 Å². The zero-order valence-electron chi connectivity index (χ0n) is 9.10. The molecule has 2 saturated heterocycles. The molecule has 1 aromatic heterocycles. The lowest BCUT2D eigenvalue weighted by molar-refractivity contribution is 0.0619. The van der Waals surface area contributed by atoms with Crippen molar-refractivity contribution in [2.75, 3.05) is 13.1 Å². The molecule has 3 heterocycles. The molecule has 16 heavy (non-hydrogen) atoms. The number of amides is 1. The normalized spacial score (nSPS) is 28.1. The van der Waals surface area contributed by atoms with Crippen molar-refractivity contribution >= 4 is 5.91 Å². The van der Waals surface area contributed by atoms with Gasteiger partial charge in [-0.1, -0.05) is 0 Å². The molecule has 2 fully saturated rings. The number of carbonyl (C=O) groups is 1. The van der Waals surface area contributed by atoms with Crippen molar-refractivity contribution in [3.05, 3.63) is 30.1 Å². The maximum Gasteiger partial charge on any atom is 0.254 e.